The molecule has 0 heterocycles. The molecule has 0 amide bonds. The average Bonchev–Trinajstić information content (AvgIpc) is 2.89. The van der Waals surface area contributed by atoms with Gasteiger partial charge in [-0.15, -0.1) is 0 Å². The molecule has 3 rings (SSSR count). The quantitative estimate of drug-likeness (QED) is 0.420. The molecular formula is C20H30N2O3. The lowest BCUT2D eigenvalue weighted by Gasteiger charge is -2.48. The third kappa shape index (κ3) is 3.46. The molecule has 0 bridgehead atoms. The molecule has 0 unspecified atom stereocenters. The predicted molar refractivity (Wildman–Crippen MR) is 98.2 cm³/mol. The summed E-state index contributed by atoms with van der Waals surface area (Å²) in [7, 11) is 0. The van der Waals surface area contributed by atoms with Crippen molar-refractivity contribution in [2.24, 2.45) is 22.2 Å². The normalized spacial score (nSPS) is 35.0. The van der Waals surface area contributed by atoms with Gasteiger partial charge < -0.3 is 20.8 Å². The van der Waals surface area contributed by atoms with E-state index in [1.807, 2.05) is 18.3 Å². The first-order valence-electron chi connectivity index (χ1n) is 9.30. The van der Waals surface area contributed by atoms with Gasteiger partial charge in [-0.3, -0.25) is 0 Å². The van der Waals surface area contributed by atoms with Crippen molar-refractivity contribution in [3.63, 3.8) is 0 Å². The molecule has 0 aliphatic heterocycles. The Bertz CT molecular complexity index is 603. The number of benzene rings is 1. The van der Waals surface area contributed by atoms with Crippen molar-refractivity contribution in [1.82, 2.24) is 0 Å². The number of oxime groups is 1. The highest BCUT2D eigenvalue weighted by molar-refractivity contribution is 5.62. The first kappa shape index (κ1) is 18.4. The fourth-order valence-electron chi connectivity index (χ4n) is 4.72. The molecule has 25 heavy (non-hydrogen) atoms. The second-order valence-corrected chi connectivity index (χ2v) is 7.81. The number of nitrogens with two attached hydrogens (primary N) is 1. The summed E-state index contributed by atoms with van der Waals surface area (Å²) >= 11 is 0. The third-order valence-corrected chi connectivity index (χ3v) is 6.50. The summed E-state index contributed by atoms with van der Waals surface area (Å²) in [5.41, 5.74) is 6.80. The van der Waals surface area contributed by atoms with E-state index in [1.165, 1.54) is 5.56 Å². The zero-order valence-corrected chi connectivity index (χ0v) is 15.0. The molecular weight excluding hydrogens is 316 g/mol. The van der Waals surface area contributed by atoms with E-state index in [0.29, 0.717) is 19.1 Å². The van der Waals surface area contributed by atoms with Gasteiger partial charge in [-0.25, -0.2) is 0 Å². The highest BCUT2D eigenvalue weighted by Crippen LogP contribution is 2.60. The maximum atomic E-state index is 11.4. The van der Waals surface area contributed by atoms with Crippen molar-refractivity contribution in [3.05, 3.63) is 35.4 Å². The number of fused-ring (bicyclic) bond motifs is 1. The van der Waals surface area contributed by atoms with E-state index >= 15 is 0 Å². The molecule has 0 spiro atoms. The first-order valence-corrected chi connectivity index (χ1v) is 9.30. The number of aliphatic hydroxyl groups excluding tert-OH is 1. The van der Waals surface area contributed by atoms with Gasteiger partial charge in [-0.05, 0) is 49.1 Å². The van der Waals surface area contributed by atoms with E-state index in [9.17, 15) is 10.2 Å². The van der Waals surface area contributed by atoms with Gasteiger partial charge in [0.15, 0.2) is 0 Å². The molecule has 1 aromatic carbocycles. The molecule has 2 aliphatic rings. The Balaban J connectivity index is 1.71. The molecule has 2 aliphatic carbocycles. The Labute approximate surface area is 149 Å². The minimum atomic E-state index is -0.657. The Hall–Kier alpha value is -1.43. The monoisotopic (exact) mass is 346 g/mol. The summed E-state index contributed by atoms with van der Waals surface area (Å²) in [6.45, 7) is 3.15. The lowest BCUT2D eigenvalue weighted by molar-refractivity contribution is -0.0959. The summed E-state index contributed by atoms with van der Waals surface area (Å²) in [4.78, 5) is 5.16. The smallest absolute Gasteiger partial charge is 0.129 e. The summed E-state index contributed by atoms with van der Waals surface area (Å²) in [5.74, 6) is 0.614. The van der Waals surface area contributed by atoms with Gasteiger partial charge in [-0.2, -0.15) is 0 Å². The lowest BCUT2D eigenvalue weighted by Crippen LogP contribution is -2.49. The van der Waals surface area contributed by atoms with Gasteiger partial charge in [-0.1, -0.05) is 36.3 Å². The minimum absolute atomic E-state index is 0.0696. The van der Waals surface area contributed by atoms with E-state index in [4.69, 9.17) is 10.6 Å². The molecule has 0 aromatic heterocycles. The maximum absolute atomic E-state index is 11.4. The molecule has 5 nitrogen and oxygen atoms in total. The first-order chi connectivity index (χ1) is 12.0. The zero-order chi connectivity index (χ0) is 17.9. The summed E-state index contributed by atoms with van der Waals surface area (Å²) in [6, 6.07) is 8.14. The number of rotatable bonds is 6. The van der Waals surface area contributed by atoms with Crippen LogP contribution in [-0.4, -0.2) is 35.2 Å². The molecule has 4 N–H and O–H groups in total. The Kier molecular flexibility index (Phi) is 5.46. The highest BCUT2D eigenvalue weighted by atomic mass is 16.6. The van der Waals surface area contributed by atoms with E-state index in [0.717, 1.165) is 37.7 Å². The lowest BCUT2D eigenvalue weighted by atomic mass is 9.59. The van der Waals surface area contributed by atoms with Crippen LogP contribution in [0.5, 0.6) is 0 Å². The van der Waals surface area contributed by atoms with Crippen molar-refractivity contribution in [2.45, 2.75) is 57.2 Å². The molecule has 0 saturated heterocycles. The van der Waals surface area contributed by atoms with Gasteiger partial charge in [0.25, 0.3) is 0 Å². The van der Waals surface area contributed by atoms with Crippen molar-refractivity contribution in [3.8, 4) is 0 Å². The predicted octanol–water partition coefficient (Wildman–Crippen LogP) is 2.55. The van der Waals surface area contributed by atoms with E-state index in [1.54, 1.807) is 0 Å². The fourth-order valence-corrected chi connectivity index (χ4v) is 4.72. The van der Waals surface area contributed by atoms with Crippen LogP contribution in [0.2, 0.25) is 0 Å². The van der Waals surface area contributed by atoms with Crippen molar-refractivity contribution in [2.75, 3.05) is 13.2 Å². The number of hydrogen-bond donors (Lipinski definition) is 3. The molecule has 4 atom stereocenters. The zero-order valence-electron chi connectivity index (χ0n) is 15.0. The van der Waals surface area contributed by atoms with Gasteiger partial charge in [0.1, 0.15) is 6.61 Å². The van der Waals surface area contributed by atoms with Crippen LogP contribution in [0, 0.1) is 11.3 Å². The van der Waals surface area contributed by atoms with Gasteiger partial charge in [0.05, 0.1) is 12.2 Å². The van der Waals surface area contributed by atoms with Crippen LogP contribution in [0.3, 0.4) is 0 Å². The second kappa shape index (κ2) is 7.44. The Morgan fingerprint density at radius 3 is 2.72 bits per heavy atom. The topological polar surface area (TPSA) is 88.1 Å². The number of hydrogen-bond acceptors (Lipinski definition) is 5. The standard InChI is InChI=1S/C20H30N2O3/c1-19-8-6-17(16-4-2-15(14-23)3-5-16)12-20(19,24)9-7-18(19)13-22-25-11-10-21/h2-5,13,17-18,23-24H,6-12,14,21H2,1H3/t17-,18+,19+,20-/m0/s1. The molecule has 1 aromatic rings. The van der Waals surface area contributed by atoms with E-state index in [2.05, 4.69) is 24.2 Å². The van der Waals surface area contributed by atoms with E-state index < -0.39 is 5.60 Å². The van der Waals surface area contributed by atoms with Crippen LogP contribution in [0.4, 0.5) is 0 Å². The summed E-state index contributed by atoms with van der Waals surface area (Å²) in [5, 5.41) is 24.7. The van der Waals surface area contributed by atoms with Crippen molar-refractivity contribution >= 4 is 6.21 Å². The fraction of sp³-hybridized carbons (Fsp3) is 0.650. The van der Waals surface area contributed by atoms with Crippen molar-refractivity contribution < 1.29 is 15.1 Å². The summed E-state index contributed by atoms with van der Waals surface area (Å²) in [6.07, 6.45) is 6.45. The number of nitrogens with zero attached hydrogens (tertiary/aromatic N) is 1. The molecule has 138 valence electrons. The van der Waals surface area contributed by atoms with Gasteiger partial charge in [0.2, 0.25) is 0 Å². The van der Waals surface area contributed by atoms with E-state index in [-0.39, 0.29) is 17.9 Å². The average molecular weight is 346 g/mol. The molecule has 2 fully saturated rings. The Morgan fingerprint density at radius 2 is 2.04 bits per heavy atom. The molecule has 2 saturated carbocycles. The minimum Gasteiger partial charge on any atom is -0.395 e. The second-order valence-electron chi connectivity index (χ2n) is 7.81. The van der Waals surface area contributed by atoms with Crippen LogP contribution in [-0.2, 0) is 11.4 Å². The van der Waals surface area contributed by atoms with Crippen LogP contribution in [0.15, 0.2) is 29.4 Å². The van der Waals surface area contributed by atoms with Gasteiger partial charge >= 0.3 is 0 Å². The summed E-state index contributed by atoms with van der Waals surface area (Å²) < 4.78 is 0. The van der Waals surface area contributed by atoms with Gasteiger partial charge in [0, 0.05) is 24.1 Å². The van der Waals surface area contributed by atoms with Crippen LogP contribution in [0.25, 0.3) is 0 Å². The van der Waals surface area contributed by atoms with Crippen LogP contribution in [0.1, 0.15) is 56.1 Å². The maximum Gasteiger partial charge on any atom is 0.129 e. The Morgan fingerprint density at radius 1 is 1.28 bits per heavy atom. The molecule has 0 radical (unpaired) electrons. The largest absolute Gasteiger partial charge is 0.395 e. The van der Waals surface area contributed by atoms with Crippen LogP contribution >= 0.6 is 0 Å². The SMILES string of the molecule is C[C@]12CC[C@H](c3ccc(CO)cc3)C[C@@]1(O)CC[C@@H]2C=NOCCN. The number of aliphatic hydroxyl groups is 2. The van der Waals surface area contributed by atoms with Crippen molar-refractivity contribution in [1.29, 1.82) is 0 Å². The highest BCUT2D eigenvalue weighted by Gasteiger charge is 2.58. The molecule has 5 heteroatoms. The third-order valence-electron chi connectivity index (χ3n) is 6.50. The van der Waals surface area contributed by atoms with Crippen LogP contribution < -0.4 is 5.73 Å².